The van der Waals surface area contributed by atoms with Gasteiger partial charge in [0, 0.05) is 25.2 Å². The molecule has 1 aliphatic rings. The van der Waals surface area contributed by atoms with Crippen LogP contribution in [0.3, 0.4) is 0 Å². The number of benzene rings is 1. The molecule has 2 heterocycles. The summed E-state index contributed by atoms with van der Waals surface area (Å²) in [5, 5.41) is 9.33. The zero-order valence-electron chi connectivity index (χ0n) is 13.8. The molecule has 0 saturated carbocycles. The summed E-state index contributed by atoms with van der Waals surface area (Å²) in [4.78, 5) is 1.76. The van der Waals surface area contributed by atoms with E-state index in [-0.39, 0.29) is 9.80 Å². The molecular formula is C18H18N2O4S. The summed E-state index contributed by atoms with van der Waals surface area (Å²) in [6.07, 6.45) is 1.26. The summed E-state index contributed by atoms with van der Waals surface area (Å²) in [6, 6.07) is 11.6. The number of furan rings is 1. The molecular weight excluding hydrogens is 340 g/mol. The minimum absolute atomic E-state index is 0.0888. The topological polar surface area (TPSA) is 83.5 Å². The maximum absolute atomic E-state index is 12.6. The van der Waals surface area contributed by atoms with Crippen molar-refractivity contribution in [3.05, 3.63) is 52.6 Å². The van der Waals surface area contributed by atoms with Crippen LogP contribution in [0.4, 0.5) is 5.88 Å². The van der Waals surface area contributed by atoms with Gasteiger partial charge in [-0.15, -0.1) is 0 Å². The van der Waals surface area contributed by atoms with Gasteiger partial charge in [-0.1, -0.05) is 17.7 Å². The number of allylic oxidation sites excluding steroid dienone is 1. The molecule has 1 saturated heterocycles. The van der Waals surface area contributed by atoms with Gasteiger partial charge in [-0.2, -0.15) is 5.26 Å². The highest BCUT2D eigenvalue weighted by Crippen LogP contribution is 2.25. The predicted molar refractivity (Wildman–Crippen MR) is 93.7 cm³/mol. The molecule has 0 N–H and O–H groups in total. The van der Waals surface area contributed by atoms with Crippen molar-refractivity contribution in [2.75, 3.05) is 31.2 Å². The van der Waals surface area contributed by atoms with Crippen LogP contribution in [0.2, 0.25) is 0 Å². The number of rotatable bonds is 4. The first-order valence-corrected chi connectivity index (χ1v) is 9.35. The first-order chi connectivity index (χ1) is 12.0. The van der Waals surface area contributed by atoms with Gasteiger partial charge in [0.25, 0.3) is 0 Å². The lowest BCUT2D eigenvalue weighted by Gasteiger charge is -2.26. The van der Waals surface area contributed by atoms with E-state index in [2.05, 4.69) is 0 Å². The number of morpholine rings is 1. The third-order valence-electron chi connectivity index (χ3n) is 3.94. The third kappa shape index (κ3) is 3.76. The van der Waals surface area contributed by atoms with Crippen LogP contribution in [-0.2, 0) is 14.6 Å². The fraction of sp³-hybridized carbons (Fsp3) is 0.278. The monoisotopic (exact) mass is 358 g/mol. The second-order valence-electron chi connectivity index (χ2n) is 5.71. The molecule has 0 unspecified atom stereocenters. The Balaban J connectivity index is 1.89. The maximum Gasteiger partial charge on any atom is 0.216 e. The third-order valence-corrected chi connectivity index (χ3v) is 5.62. The first kappa shape index (κ1) is 17.3. The highest BCUT2D eigenvalue weighted by molar-refractivity contribution is 7.95. The second-order valence-corrected chi connectivity index (χ2v) is 7.63. The largest absolute Gasteiger partial charge is 0.441 e. The zero-order chi connectivity index (χ0) is 17.9. The quantitative estimate of drug-likeness (QED) is 0.782. The van der Waals surface area contributed by atoms with E-state index in [1.165, 1.54) is 18.2 Å². The number of nitriles is 1. The van der Waals surface area contributed by atoms with Crippen molar-refractivity contribution in [2.45, 2.75) is 11.8 Å². The lowest BCUT2D eigenvalue weighted by molar-refractivity contribution is 0.120. The lowest BCUT2D eigenvalue weighted by atomic mass is 10.2. The van der Waals surface area contributed by atoms with Crippen LogP contribution in [0.25, 0.3) is 6.08 Å². The van der Waals surface area contributed by atoms with Gasteiger partial charge in [-0.3, -0.25) is 0 Å². The van der Waals surface area contributed by atoms with Gasteiger partial charge in [-0.05, 0) is 25.1 Å². The molecule has 1 aliphatic heterocycles. The standard InChI is InChI=1S/C18H18N2O4S/c1-14-2-5-16(6-3-14)25(21,22)17(13-19)12-15-4-7-18(24-15)20-8-10-23-11-9-20/h2-7,12H,8-11H2,1H3/b17-12-. The van der Waals surface area contributed by atoms with Crippen LogP contribution in [0.1, 0.15) is 11.3 Å². The van der Waals surface area contributed by atoms with E-state index < -0.39 is 9.84 Å². The van der Waals surface area contributed by atoms with Crippen molar-refractivity contribution in [3.8, 4) is 6.07 Å². The Hall–Kier alpha value is -2.56. The van der Waals surface area contributed by atoms with E-state index in [0.717, 1.165) is 5.56 Å². The second kappa shape index (κ2) is 7.13. The first-order valence-electron chi connectivity index (χ1n) is 7.87. The average molecular weight is 358 g/mol. The smallest absolute Gasteiger partial charge is 0.216 e. The molecule has 0 aliphatic carbocycles. The SMILES string of the molecule is Cc1ccc(S(=O)(=O)/C(C#N)=C\c2ccc(N3CCOCC3)o2)cc1. The molecule has 25 heavy (non-hydrogen) atoms. The number of nitrogens with zero attached hydrogens (tertiary/aromatic N) is 2. The van der Waals surface area contributed by atoms with E-state index >= 15 is 0 Å². The molecule has 3 rings (SSSR count). The minimum Gasteiger partial charge on any atom is -0.441 e. The summed E-state index contributed by atoms with van der Waals surface area (Å²) < 4.78 is 36.2. The summed E-state index contributed by atoms with van der Waals surface area (Å²) >= 11 is 0. The van der Waals surface area contributed by atoms with Gasteiger partial charge in [0.2, 0.25) is 9.84 Å². The van der Waals surface area contributed by atoms with Crippen molar-refractivity contribution in [1.29, 1.82) is 5.26 Å². The summed E-state index contributed by atoms with van der Waals surface area (Å²) in [6.45, 7) is 4.54. The molecule has 1 aromatic carbocycles. The van der Waals surface area contributed by atoms with Crippen LogP contribution in [0.5, 0.6) is 0 Å². The molecule has 6 nitrogen and oxygen atoms in total. The number of hydrogen-bond acceptors (Lipinski definition) is 6. The Labute approximate surface area is 146 Å². The fourth-order valence-electron chi connectivity index (χ4n) is 2.52. The zero-order valence-corrected chi connectivity index (χ0v) is 14.6. The molecule has 0 amide bonds. The molecule has 7 heteroatoms. The average Bonchev–Trinajstić information content (AvgIpc) is 3.09. The van der Waals surface area contributed by atoms with E-state index in [1.807, 2.05) is 11.8 Å². The van der Waals surface area contributed by atoms with Crippen molar-refractivity contribution in [3.63, 3.8) is 0 Å². The predicted octanol–water partition coefficient (Wildman–Crippen LogP) is 2.76. The number of aryl methyl sites for hydroxylation is 1. The Kier molecular flexibility index (Phi) is 4.93. The van der Waals surface area contributed by atoms with Gasteiger partial charge in [0.05, 0.1) is 18.1 Å². The van der Waals surface area contributed by atoms with Gasteiger partial charge in [0.15, 0.2) is 10.8 Å². The van der Waals surface area contributed by atoms with Gasteiger partial charge in [0.1, 0.15) is 11.8 Å². The highest BCUT2D eigenvalue weighted by Gasteiger charge is 2.22. The van der Waals surface area contributed by atoms with Crippen LogP contribution in [-0.4, -0.2) is 34.7 Å². The van der Waals surface area contributed by atoms with Crippen molar-refractivity contribution < 1.29 is 17.6 Å². The normalized spacial score (nSPS) is 15.8. The summed E-state index contributed by atoms with van der Waals surface area (Å²) in [7, 11) is -3.88. The molecule has 2 aromatic rings. The highest BCUT2D eigenvalue weighted by atomic mass is 32.2. The van der Waals surface area contributed by atoms with Crippen LogP contribution < -0.4 is 4.90 Å². The van der Waals surface area contributed by atoms with Crippen LogP contribution in [0, 0.1) is 18.3 Å². The summed E-state index contributed by atoms with van der Waals surface area (Å²) in [5.74, 6) is 0.966. The minimum atomic E-state index is -3.88. The van der Waals surface area contributed by atoms with Gasteiger partial charge in [-0.25, -0.2) is 8.42 Å². The van der Waals surface area contributed by atoms with Crippen molar-refractivity contribution in [2.24, 2.45) is 0 Å². The van der Waals surface area contributed by atoms with Crippen molar-refractivity contribution >= 4 is 21.8 Å². The maximum atomic E-state index is 12.6. The van der Waals surface area contributed by atoms with Gasteiger partial charge < -0.3 is 14.1 Å². The Bertz CT molecular complexity index is 915. The van der Waals surface area contributed by atoms with E-state index in [0.29, 0.717) is 37.9 Å². The van der Waals surface area contributed by atoms with Gasteiger partial charge >= 0.3 is 0 Å². The molecule has 130 valence electrons. The van der Waals surface area contributed by atoms with Crippen LogP contribution in [0.15, 0.2) is 50.6 Å². The van der Waals surface area contributed by atoms with E-state index in [4.69, 9.17) is 9.15 Å². The number of ether oxygens (including phenoxy) is 1. The molecule has 0 radical (unpaired) electrons. The number of sulfone groups is 1. The van der Waals surface area contributed by atoms with Crippen LogP contribution >= 0.6 is 0 Å². The summed E-state index contributed by atoms with van der Waals surface area (Å²) in [5.41, 5.74) is 0.947. The molecule has 1 aromatic heterocycles. The number of hydrogen-bond donors (Lipinski definition) is 0. The van der Waals surface area contributed by atoms with E-state index in [9.17, 15) is 13.7 Å². The molecule has 0 atom stereocenters. The Morgan fingerprint density at radius 1 is 1.16 bits per heavy atom. The molecule has 0 bridgehead atoms. The van der Waals surface area contributed by atoms with Crippen molar-refractivity contribution in [1.82, 2.24) is 0 Å². The van der Waals surface area contributed by atoms with E-state index in [1.54, 1.807) is 30.3 Å². The Morgan fingerprint density at radius 2 is 1.84 bits per heavy atom. The Morgan fingerprint density at radius 3 is 2.48 bits per heavy atom. The molecule has 0 spiro atoms. The lowest BCUT2D eigenvalue weighted by Crippen LogP contribution is -2.35. The molecule has 1 fully saturated rings. The fourth-order valence-corrected chi connectivity index (χ4v) is 3.66. The number of anilines is 1.